The van der Waals surface area contributed by atoms with Crippen LogP contribution in [-0.2, 0) is 20.2 Å². The summed E-state index contributed by atoms with van der Waals surface area (Å²) in [6.45, 7) is 13.3. The summed E-state index contributed by atoms with van der Waals surface area (Å²) in [6, 6.07) is 19.5. The third-order valence-corrected chi connectivity index (χ3v) is 14.2. The van der Waals surface area contributed by atoms with Gasteiger partial charge in [-0.3, -0.25) is 9.11 Å². The molecule has 0 radical (unpaired) electrons. The Balaban J connectivity index is 1.28. The van der Waals surface area contributed by atoms with Crippen molar-refractivity contribution < 1.29 is 25.9 Å². The van der Waals surface area contributed by atoms with Crippen LogP contribution in [0.2, 0.25) is 0 Å². The molecule has 0 saturated heterocycles. The molecule has 340 valence electrons. The first-order valence-electron chi connectivity index (χ1n) is 20.5. The molecule has 0 aliphatic carbocycles. The summed E-state index contributed by atoms with van der Waals surface area (Å²) in [5, 5.41) is 26.8. The van der Waals surface area contributed by atoms with E-state index >= 15 is 0 Å². The van der Waals surface area contributed by atoms with Gasteiger partial charge in [-0.25, -0.2) is 0 Å². The molecular formula is C41H45N13O6S5. The third kappa shape index (κ3) is 11.4. The van der Waals surface area contributed by atoms with Crippen molar-refractivity contribution in [2.75, 3.05) is 52.4 Å². The minimum atomic E-state index is -4.46. The van der Waals surface area contributed by atoms with E-state index in [0.29, 0.717) is 59.7 Å². The molecule has 19 nitrogen and oxygen atoms in total. The van der Waals surface area contributed by atoms with E-state index in [-0.39, 0.29) is 21.7 Å². The fourth-order valence-corrected chi connectivity index (χ4v) is 9.85. The van der Waals surface area contributed by atoms with Crippen molar-refractivity contribution in [2.45, 2.75) is 62.4 Å². The Morgan fingerprint density at radius 2 is 1.05 bits per heavy atom. The summed E-state index contributed by atoms with van der Waals surface area (Å²) < 4.78 is 75.8. The number of benzene rings is 4. The van der Waals surface area contributed by atoms with Crippen molar-refractivity contribution in [3.63, 3.8) is 0 Å². The number of anilines is 6. The van der Waals surface area contributed by atoms with Crippen LogP contribution in [0.5, 0.6) is 0 Å². The first-order valence-corrected chi connectivity index (χ1v) is 25.9. The zero-order chi connectivity index (χ0) is 46.3. The summed E-state index contributed by atoms with van der Waals surface area (Å²) in [5.41, 5.74) is 4.74. The van der Waals surface area contributed by atoms with Gasteiger partial charge in [0.1, 0.15) is 11.4 Å². The first-order chi connectivity index (χ1) is 31.2. The molecule has 4 aromatic carbocycles. The number of thioether (sulfide) groups is 1. The Labute approximate surface area is 388 Å². The predicted octanol–water partition coefficient (Wildman–Crippen LogP) is 11.5. The molecule has 0 fully saturated rings. The lowest BCUT2D eigenvalue weighted by Gasteiger charge is -2.22. The standard InChI is InChI=1S/C41H45N13O6S5/c1-6-11-20-61-41-45-39(42-35-21-25(53(7-2)8-3)12-16-33(35)47-49-37-29-23-27(64(55,56)57)14-18-31(29)51-62-37)44-40(46-41)43-36-22-26(54(9-4)10-5)13-17-34(36)48-50-38-30-24-28(65(58,59)60)15-19-32(30)52-63-38/h12-19,21-24H,6-11,20H2,1-5H3,(H,55,56,57)(H,58,59,60)(H2,42,43,44,45,46)/b49-47+,50-48+. The van der Waals surface area contributed by atoms with Crippen molar-refractivity contribution in [1.29, 1.82) is 0 Å². The fraction of sp³-hybridized carbons (Fsp3) is 0.293. The number of nitrogens with one attached hydrogen (secondary N) is 2. The lowest BCUT2D eigenvalue weighted by atomic mass is 10.2. The highest BCUT2D eigenvalue weighted by molar-refractivity contribution is 7.99. The Kier molecular flexibility index (Phi) is 15.0. The average Bonchev–Trinajstić information content (AvgIpc) is 3.89. The van der Waals surface area contributed by atoms with Gasteiger partial charge in [-0.2, -0.15) is 40.5 Å². The van der Waals surface area contributed by atoms with E-state index < -0.39 is 20.2 Å². The van der Waals surface area contributed by atoms with Gasteiger partial charge in [-0.15, -0.1) is 20.5 Å². The zero-order valence-electron chi connectivity index (χ0n) is 35.9. The van der Waals surface area contributed by atoms with Gasteiger partial charge in [0.05, 0.1) is 32.2 Å². The second-order valence-electron chi connectivity index (χ2n) is 14.1. The smallest absolute Gasteiger partial charge is 0.294 e. The minimum Gasteiger partial charge on any atom is -0.372 e. The van der Waals surface area contributed by atoms with Gasteiger partial charge in [0, 0.05) is 54.1 Å². The van der Waals surface area contributed by atoms with Gasteiger partial charge in [0.25, 0.3) is 20.2 Å². The molecule has 3 aromatic heterocycles. The number of aromatic nitrogens is 5. The van der Waals surface area contributed by atoms with E-state index in [4.69, 9.17) is 15.0 Å². The zero-order valence-corrected chi connectivity index (χ0v) is 39.9. The Morgan fingerprint density at radius 3 is 1.45 bits per heavy atom. The van der Waals surface area contributed by atoms with E-state index in [1.54, 1.807) is 0 Å². The Hall–Kier alpha value is -5.76. The number of rotatable bonds is 20. The molecule has 0 unspecified atom stereocenters. The van der Waals surface area contributed by atoms with E-state index in [1.807, 2.05) is 36.4 Å². The second-order valence-corrected chi connectivity index (χ2v) is 19.6. The number of hydrogen-bond acceptors (Lipinski definition) is 20. The lowest BCUT2D eigenvalue weighted by molar-refractivity contribution is 0.481. The quantitative estimate of drug-likeness (QED) is 0.0240. The molecule has 0 aliphatic heterocycles. The van der Waals surface area contributed by atoms with Crippen molar-refractivity contribution in [3.05, 3.63) is 72.8 Å². The third-order valence-electron chi connectivity index (χ3n) is 10.0. The molecule has 65 heavy (non-hydrogen) atoms. The van der Waals surface area contributed by atoms with E-state index in [0.717, 1.165) is 79.2 Å². The normalized spacial score (nSPS) is 12.2. The predicted molar refractivity (Wildman–Crippen MR) is 259 cm³/mol. The van der Waals surface area contributed by atoms with Gasteiger partial charge in [0.2, 0.25) is 11.9 Å². The molecule has 4 N–H and O–H groups in total. The number of fused-ring (bicyclic) bond motifs is 2. The van der Waals surface area contributed by atoms with Crippen LogP contribution in [0.25, 0.3) is 21.8 Å². The highest BCUT2D eigenvalue weighted by Gasteiger charge is 2.18. The molecule has 0 atom stereocenters. The van der Waals surface area contributed by atoms with Crippen LogP contribution in [0.1, 0.15) is 47.5 Å². The summed E-state index contributed by atoms with van der Waals surface area (Å²) in [5.74, 6) is 1.19. The maximum Gasteiger partial charge on any atom is 0.294 e. The van der Waals surface area contributed by atoms with Crippen molar-refractivity contribution in [1.82, 2.24) is 23.7 Å². The maximum absolute atomic E-state index is 11.9. The molecule has 7 aromatic rings. The van der Waals surface area contributed by atoms with Crippen molar-refractivity contribution in [2.24, 2.45) is 20.5 Å². The van der Waals surface area contributed by atoms with Crippen molar-refractivity contribution >= 4 is 133 Å². The summed E-state index contributed by atoms with van der Waals surface area (Å²) in [7, 11) is -8.92. The van der Waals surface area contributed by atoms with Gasteiger partial charge in [-0.05, 0) is 130 Å². The van der Waals surface area contributed by atoms with E-state index in [1.165, 1.54) is 48.2 Å². The number of hydrogen-bond donors (Lipinski definition) is 4. The monoisotopic (exact) mass is 975 g/mol. The average molecular weight is 976 g/mol. The number of unbranched alkanes of at least 4 members (excludes halogenated alkanes) is 1. The lowest BCUT2D eigenvalue weighted by Crippen LogP contribution is -2.21. The van der Waals surface area contributed by atoms with Gasteiger partial charge in [-0.1, -0.05) is 25.1 Å². The van der Waals surface area contributed by atoms with Crippen LogP contribution in [0, 0.1) is 0 Å². The Morgan fingerprint density at radius 1 is 0.600 bits per heavy atom. The molecule has 3 heterocycles. The molecule has 7 rings (SSSR count). The molecule has 24 heteroatoms. The largest absolute Gasteiger partial charge is 0.372 e. The maximum atomic E-state index is 11.9. The van der Waals surface area contributed by atoms with Crippen LogP contribution in [-0.4, -0.2) is 81.6 Å². The van der Waals surface area contributed by atoms with Gasteiger partial charge >= 0.3 is 0 Å². The van der Waals surface area contributed by atoms with Gasteiger partial charge in [0.15, 0.2) is 15.2 Å². The summed E-state index contributed by atoms with van der Waals surface area (Å²) in [4.78, 5) is 18.2. The highest BCUT2D eigenvalue weighted by atomic mass is 32.2. The first kappa shape index (κ1) is 47.2. The highest BCUT2D eigenvalue weighted by Crippen LogP contribution is 2.39. The van der Waals surface area contributed by atoms with E-state index in [2.05, 4.69) is 84.3 Å². The minimum absolute atomic E-state index is 0.213. The van der Waals surface area contributed by atoms with Crippen LogP contribution in [0.15, 0.2) is 108 Å². The van der Waals surface area contributed by atoms with Crippen LogP contribution < -0.4 is 20.4 Å². The molecule has 0 spiro atoms. The van der Waals surface area contributed by atoms with Crippen molar-refractivity contribution in [3.8, 4) is 0 Å². The second kappa shape index (κ2) is 20.6. The topological polar surface area (TPSA) is 253 Å². The summed E-state index contributed by atoms with van der Waals surface area (Å²) in [6.07, 6.45) is 1.91. The Bertz CT molecular complexity index is 2920. The molecule has 0 bridgehead atoms. The van der Waals surface area contributed by atoms with Crippen LogP contribution >= 0.6 is 34.8 Å². The molecule has 0 saturated carbocycles. The molecule has 0 aliphatic rings. The number of nitrogens with zero attached hydrogens (tertiary/aromatic N) is 11. The SMILES string of the molecule is CCCCSc1nc(Nc2cc(N(CC)CC)ccc2/N=N/c2snc3ccc(S(=O)(=O)O)cc23)nc(Nc2cc(N(CC)CC)ccc2/N=N/c2snc3ccc(S(=O)(=O)O)cc23)n1. The fourth-order valence-electron chi connectivity index (χ4n) is 6.55. The van der Waals surface area contributed by atoms with E-state index in [9.17, 15) is 25.9 Å². The van der Waals surface area contributed by atoms with Crippen LogP contribution in [0.3, 0.4) is 0 Å². The van der Waals surface area contributed by atoms with Gasteiger partial charge < -0.3 is 20.4 Å². The van der Waals surface area contributed by atoms with Crippen LogP contribution in [0.4, 0.5) is 56.0 Å². The number of azo groups is 2. The molecule has 0 amide bonds. The summed E-state index contributed by atoms with van der Waals surface area (Å²) >= 11 is 3.57. The molecular weight excluding hydrogens is 931 g/mol.